The Kier molecular flexibility index (Phi) is 5.26. The number of fused-ring (bicyclic) bond motifs is 1. The Labute approximate surface area is 151 Å². The maximum absolute atomic E-state index is 11.5. The molecule has 3 aromatic rings. The van der Waals surface area contributed by atoms with Crippen molar-refractivity contribution in [2.75, 3.05) is 5.32 Å². The number of hydrogen-bond donors (Lipinski definition) is 1. The van der Waals surface area contributed by atoms with Crippen LogP contribution in [0.3, 0.4) is 0 Å². The maximum Gasteiger partial charge on any atom is 1.00 e. The average Bonchev–Trinajstić information content (AvgIpc) is 2.47. The van der Waals surface area contributed by atoms with Crippen molar-refractivity contribution in [3.63, 3.8) is 0 Å². The van der Waals surface area contributed by atoms with Crippen LogP contribution in [0, 0.1) is 0 Å². The van der Waals surface area contributed by atoms with Crippen LogP contribution >= 0.6 is 0 Å². The molecule has 1 N–H and O–H groups in total. The van der Waals surface area contributed by atoms with Crippen molar-refractivity contribution < 1.29 is 42.5 Å². The van der Waals surface area contributed by atoms with Crippen LogP contribution in [0.4, 0.5) is 11.4 Å². The van der Waals surface area contributed by atoms with E-state index < -0.39 is 10.1 Å². The molecule has 0 aliphatic carbocycles. The molecule has 0 heterocycles. The summed E-state index contributed by atoms with van der Waals surface area (Å²) in [6.07, 6.45) is 0. The van der Waals surface area contributed by atoms with Gasteiger partial charge in [0.25, 0.3) is 0 Å². The zero-order chi connectivity index (χ0) is 14.9. The van der Waals surface area contributed by atoms with Gasteiger partial charge in [-0.15, -0.1) is 0 Å². The summed E-state index contributed by atoms with van der Waals surface area (Å²) in [6.45, 7) is 0. The van der Waals surface area contributed by atoms with Gasteiger partial charge in [-0.25, -0.2) is 8.42 Å². The van der Waals surface area contributed by atoms with E-state index >= 15 is 0 Å². The van der Waals surface area contributed by atoms with Gasteiger partial charge < -0.3 is 9.87 Å². The molecule has 0 saturated carbocycles. The fourth-order valence-electron chi connectivity index (χ4n) is 2.30. The molecule has 0 spiro atoms. The van der Waals surface area contributed by atoms with Gasteiger partial charge >= 0.3 is 29.6 Å². The number of para-hydroxylation sites is 1. The normalized spacial score (nSPS) is 11.0. The van der Waals surface area contributed by atoms with Gasteiger partial charge in [0.1, 0.15) is 10.1 Å². The third-order valence-corrected chi connectivity index (χ3v) is 4.07. The summed E-state index contributed by atoms with van der Waals surface area (Å²) in [5.74, 6) is 0. The summed E-state index contributed by atoms with van der Waals surface area (Å²) in [4.78, 5) is -0.209. The Bertz CT molecular complexity index is 890. The van der Waals surface area contributed by atoms with Crippen molar-refractivity contribution in [2.45, 2.75) is 4.90 Å². The predicted octanol–water partition coefficient (Wildman–Crippen LogP) is 0.491. The van der Waals surface area contributed by atoms with Crippen LogP contribution in [0.25, 0.3) is 10.8 Å². The van der Waals surface area contributed by atoms with E-state index in [1.807, 2.05) is 36.4 Å². The van der Waals surface area contributed by atoms with E-state index in [9.17, 15) is 13.0 Å². The first-order valence-electron chi connectivity index (χ1n) is 6.35. The van der Waals surface area contributed by atoms with Crippen molar-refractivity contribution in [3.05, 3.63) is 66.7 Å². The van der Waals surface area contributed by atoms with Crippen LogP contribution < -0.4 is 34.9 Å². The molecular weight excluding hydrogens is 309 g/mol. The van der Waals surface area contributed by atoms with Gasteiger partial charge in [-0.05, 0) is 29.7 Å². The standard InChI is InChI=1S/C16H13NO3S.Na/c18-21(19,20)15-11-5-7-12-6-4-10-14(16(12)15)17-13-8-2-1-3-9-13;/h1-11,17H,(H,18,19,20);/q;+1/p-1. The number of benzene rings is 3. The molecule has 0 aliphatic rings. The summed E-state index contributed by atoms with van der Waals surface area (Å²) in [5.41, 5.74) is 1.41. The molecule has 3 aromatic carbocycles. The minimum absolute atomic E-state index is 0. The smallest absolute Gasteiger partial charge is 0.744 e. The SMILES string of the molecule is O=S(=O)([O-])c1cccc2cccc(Nc3ccccc3)c12.[Na+]. The molecule has 0 aliphatic heterocycles. The Morgan fingerprint density at radius 3 is 2.09 bits per heavy atom. The molecule has 0 saturated heterocycles. The molecule has 22 heavy (non-hydrogen) atoms. The third kappa shape index (κ3) is 3.51. The molecule has 0 amide bonds. The van der Waals surface area contributed by atoms with Gasteiger partial charge in [0.05, 0.1) is 4.90 Å². The van der Waals surface area contributed by atoms with Crippen LogP contribution in [0.5, 0.6) is 0 Å². The molecule has 0 radical (unpaired) electrons. The second-order valence-corrected chi connectivity index (χ2v) is 5.95. The Morgan fingerprint density at radius 2 is 1.45 bits per heavy atom. The molecule has 0 bridgehead atoms. The first kappa shape index (κ1) is 17.0. The van der Waals surface area contributed by atoms with E-state index in [2.05, 4.69) is 5.32 Å². The Balaban J connectivity index is 0.00000176. The molecule has 0 unspecified atom stereocenters. The van der Waals surface area contributed by atoms with Gasteiger partial charge in [0.2, 0.25) is 0 Å². The van der Waals surface area contributed by atoms with E-state index in [4.69, 9.17) is 0 Å². The molecule has 3 rings (SSSR count). The van der Waals surface area contributed by atoms with Gasteiger partial charge in [-0.1, -0.05) is 42.5 Å². The van der Waals surface area contributed by atoms with E-state index in [-0.39, 0.29) is 34.5 Å². The van der Waals surface area contributed by atoms with Crippen molar-refractivity contribution in [2.24, 2.45) is 0 Å². The summed E-state index contributed by atoms with van der Waals surface area (Å²) in [5, 5.41) is 4.27. The summed E-state index contributed by atoms with van der Waals surface area (Å²) in [6, 6.07) is 19.4. The van der Waals surface area contributed by atoms with E-state index in [0.717, 1.165) is 5.69 Å². The fraction of sp³-hybridized carbons (Fsp3) is 0. The number of nitrogens with one attached hydrogen (secondary N) is 1. The summed E-state index contributed by atoms with van der Waals surface area (Å²) >= 11 is 0. The van der Waals surface area contributed by atoms with Crippen molar-refractivity contribution in [3.8, 4) is 0 Å². The monoisotopic (exact) mass is 321 g/mol. The van der Waals surface area contributed by atoms with E-state index in [0.29, 0.717) is 16.5 Å². The number of hydrogen-bond acceptors (Lipinski definition) is 4. The van der Waals surface area contributed by atoms with E-state index in [1.54, 1.807) is 24.3 Å². The van der Waals surface area contributed by atoms with Gasteiger partial charge in [0.15, 0.2) is 0 Å². The second kappa shape index (κ2) is 6.81. The van der Waals surface area contributed by atoms with Crippen LogP contribution in [0.2, 0.25) is 0 Å². The molecule has 4 nitrogen and oxygen atoms in total. The number of rotatable bonds is 3. The average molecular weight is 321 g/mol. The van der Waals surface area contributed by atoms with Crippen molar-refractivity contribution >= 4 is 32.3 Å². The molecule has 6 heteroatoms. The summed E-state index contributed by atoms with van der Waals surface area (Å²) in [7, 11) is -4.53. The zero-order valence-corrected chi connectivity index (χ0v) is 14.8. The Morgan fingerprint density at radius 1 is 0.818 bits per heavy atom. The minimum atomic E-state index is -4.53. The zero-order valence-electron chi connectivity index (χ0n) is 12.0. The number of anilines is 2. The van der Waals surface area contributed by atoms with Crippen LogP contribution in [0.15, 0.2) is 71.6 Å². The maximum atomic E-state index is 11.5. The third-order valence-electron chi connectivity index (χ3n) is 3.19. The largest absolute Gasteiger partial charge is 1.00 e. The molecule has 106 valence electrons. The Hall–Kier alpha value is -1.37. The predicted molar refractivity (Wildman–Crippen MR) is 81.6 cm³/mol. The molecule has 0 atom stereocenters. The van der Waals surface area contributed by atoms with Gasteiger partial charge in [-0.2, -0.15) is 0 Å². The second-order valence-electron chi connectivity index (χ2n) is 4.60. The van der Waals surface area contributed by atoms with Crippen LogP contribution in [-0.4, -0.2) is 13.0 Å². The minimum Gasteiger partial charge on any atom is -0.744 e. The molecule has 0 fully saturated rings. The van der Waals surface area contributed by atoms with Gasteiger partial charge in [-0.3, -0.25) is 0 Å². The van der Waals surface area contributed by atoms with Gasteiger partial charge in [0, 0.05) is 16.8 Å². The van der Waals surface area contributed by atoms with Crippen LogP contribution in [-0.2, 0) is 10.1 Å². The fourth-order valence-corrected chi connectivity index (χ4v) is 3.02. The first-order chi connectivity index (χ1) is 10.1. The van der Waals surface area contributed by atoms with Crippen LogP contribution in [0.1, 0.15) is 0 Å². The summed E-state index contributed by atoms with van der Waals surface area (Å²) < 4.78 is 34.4. The van der Waals surface area contributed by atoms with Crippen molar-refractivity contribution in [1.29, 1.82) is 0 Å². The van der Waals surface area contributed by atoms with E-state index in [1.165, 1.54) is 6.07 Å². The first-order valence-corrected chi connectivity index (χ1v) is 7.76. The topological polar surface area (TPSA) is 69.2 Å². The molecule has 0 aromatic heterocycles. The van der Waals surface area contributed by atoms with Crippen molar-refractivity contribution in [1.82, 2.24) is 0 Å². The quantitative estimate of drug-likeness (QED) is 0.563. The molecular formula is C16H12NNaO3S.